The molecular weight excluding hydrogens is 286 g/mol. The Balaban J connectivity index is 2.33. The maximum Gasteiger partial charge on any atom is 0.266 e. The van der Waals surface area contributed by atoms with Gasteiger partial charge in [-0.1, -0.05) is 0 Å². The molecule has 1 aromatic heterocycles. The number of rotatable bonds is 3. The lowest BCUT2D eigenvalue weighted by molar-refractivity contribution is 0.429. The predicted molar refractivity (Wildman–Crippen MR) is 68.0 cm³/mol. The Hall–Kier alpha value is -1.56. The van der Waals surface area contributed by atoms with Crippen molar-refractivity contribution in [2.45, 2.75) is 6.92 Å². The SMILES string of the molecule is CCN(C)c1noc(-c2ccc(Br)c(O)c2)n1. The number of halogens is 1. The predicted octanol–water partition coefficient (Wildman–Crippen LogP) is 2.66. The lowest BCUT2D eigenvalue weighted by Gasteiger charge is -2.08. The summed E-state index contributed by atoms with van der Waals surface area (Å²) in [6, 6.07) is 5.11. The molecule has 1 heterocycles. The van der Waals surface area contributed by atoms with Crippen molar-refractivity contribution >= 4 is 21.9 Å². The molecule has 0 atom stereocenters. The molecule has 0 saturated carbocycles. The summed E-state index contributed by atoms with van der Waals surface area (Å²) in [6.45, 7) is 2.80. The molecule has 0 fully saturated rings. The quantitative estimate of drug-likeness (QED) is 0.944. The maximum absolute atomic E-state index is 9.58. The van der Waals surface area contributed by atoms with E-state index in [-0.39, 0.29) is 5.75 Å². The molecule has 2 rings (SSSR count). The second-order valence-corrected chi connectivity index (χ2v) is 4.43. The van der Waals surface area contributed by atoms with E-state index in [1.165, 1.54) is 0 Å². The average molecular weight is 298 g/mol. The fourth-order valence-electron chi connectivity index (χ4n) is 1.28. The molecule has 6 heteroatoms. The van der Waals surface area contributed by atoms with Crippen molar-refractivity contribution in [2.24, 2.45) is 0 Å². The van der Waals surface area contributed by atoms with Crippen LogP contribution in [-0.4, -0.2) is 28.8 Å². The zero-order valence-corrected chi connectivity index (χ0v) is 11.1. The van der Waals surface area contributed by atoms with Crippen LogP contribution in [0.4, 0.5) is 5.95 Å². The molecular formula is C11H12BrN3O2. The van der Waals surface area contributed by atoms with Gasteiger partial charge in [-0.2, -0.15) is 4.98 Å². The van der Waals surface area contributed by atoms with Crippen molar-refractivity contribution in [3.63, 3.8) is 0 Å². The number of aromatic nitrogens is 2. The van der Waals surface area contributed by atoms with Gasteiger partial charge in [0.25, 0.3) is 11.8 Å². The average Bonchev–Trinajstić information content (AvgIpc) is 2.81. The highest BCUT2D eigenvalue weighted by Gasteiger charge is 2.12. The van der Waals surface area contributed by atoms with Crippen LogP contribution in [0.25, 0.3) is 11.5 Å². The molecule has 0 spiro atoms. The normalized spacial score (nSPS) is 10.5. The third kappa shape index (κ3) is 2.41. The molecule has 0 saturated heterocycles. The maximum atomic E-state index is 9.58. The minimum absolute atomic E-state index is 0.145. The summed E-state index contributed by atoms with van der Waals surface area (Å²) in [6.07, 6.45) is 0. The Morgan fingerprint density at radius 1 is 1.47 bits per heavy atom. The zero-order chi connectivity index (χ0) is 12.4. The third-order valence-corrected chi connectivity index (χ3v) is 3.09. The molecule has 0 bridgehead atoms. The summed E-state index contributed by atoms with van der Waals surface area (Å²) in [5.41, 5.74) is 0.689. The van der Waals surface area contributed by atoms with E-state index in [9.17, 15) is 5.11 Å². The van der Waals surface area contributed by atoms with Crippen molar-refractivity contribution in [3.8, 4) is 17.2 Å². The number of hydrogen-bond donors (Lipinski definition) is 1. The van der Waals surface area contributed by atoms with Gasteiger partial charge in [-0.3, -0.25) is 0 Å². The summed E-state index contributed by atoms with van der Waals surface area (Å²) in [4.78, 5) is 6.11. The summed E-state index contributed by atoms with van der Waals surface area (Å²) in [5, 5.41) is 13.4. The molecule has 90 valence electrons. The second kappa shape index (κ2) is 4.75. The Morgan fingerprint density at radius 2 is 2.24 bits per heavy atom. The smallest absolute Gasteiger partial charge is 0.266 e. The Kier molecular flexibility index (Phi) is 3.33. The van der Waals surface area contributed by atoms with Crippen LogP contribution in [0.3, 0.4) is 0 Å². The molecule has 0 aliphatic carbocycles. The first kappa shape index (κ1) is 11.9. The van der Waals surface area contributed by atoms with Crippen LogP contribution in [-0.2, 0) is 0 Å². The van der Waals surface area contributed by atoms with Crippen LogP contribution in [0.5, 0.6) is 5.75 Å². The highest BCUT2D eigenvalue weighted by atomic mass is 79.9. The number of benzene rings is 1. The molecule has 0 aliphatic rings. The van der Waals surface area contributed by atoms with E-state index in [1.54, 1.807) is 18.2 Å². The monoisotopic (exact) mass is 297 g/mol. The van der Waals surface area contributed by atoms with Gasteiger partial charge in [-0.25, -0.2) is 0 Å². The molecule has 1 aromatic carbocycles. The number of nitrogens with zero attached hydrogens (tertiary/aromatic N) is 3. The van der Waals surface area contributed by atoms with Gasteiger partial charge in [0.15, 0.2) is 0 Å². The highest BCUT2D eigenvalue weighted by Crippen LogP contribution is 2.29. The van der Waals surface area contributed by atoms with Gasteiger partial charge in [-0.05, 0) is 46.2 Å². The van der Waals surface area contributed by atoms with Gasteiger partial charge in [0.05, 0.1) is 4.47 Å². The first-order chi connectivity index (χ1) is 8.11. The minimum Gasteiger partial charge on any atom is -0.507 e. The minimum atomic E-state index is 0.145. The summed E-state index contributed by atoms with van der Waals surface area (Å²) >= 11 is 3.22. The lowest BCUT2D eigenvalue weighted by atomic mass is 10.2. The van der Waals surface area contributed by atoms with E-state index < -0.39 is 0 Å². The molecule has 5 nitrogen and oxygen atoms in total. The number of hydrogen-bond acceptors (Lipinski definition) is 5. The molecule has 0 aliphatic heterocycles. The van der Waals surface area contributed by atoms with Crippen molar-refractivity contribution in [1.82, 2.24) is 10.1 Å². The van der Waals surface area contributed by atoms with Crippen LogP contribution < -0.4 is 4.90 Å². The third-order valence-electron chi connectivity index (χ3n) is 2.42. The van der Waals surface area contributed by atoms with E-state index in [0.29, 0.717) is 21.9 Å². The summed E-state index contributed by atoms with van der Waals surface area (Å²) in [5.74, 6) is 1.07. The van der Waals surface area contributed by atoms with Crippen molar-refractivity contribution in [2.75, 3.05) is 18.5 Å². The number of anilines is 1. The summed E-state index contributed by atoms with van der Waals surface area (Å²) < 4.78 is 5.77. The van der Waals surface area contributed by atoms with Crippen molar-refractivity contribution in [1.29, 1.82) is 0 Å². The Bertz CT molecular complexity index is 527. The molecule has 17 heavy (non-hydrogen) atoms. The molecule has 0 unspecified atom stereocenters. The van der Waals surface area contributed by atoms with E-state index >= 15 is 0 Å². The standard InChI is InChI=1S/C11H12BrN3O2/c1-3-15(2)11-13-10(17-14-11)7-4-5-8(12)9(16)6-7/h4-6,16H,3H2,1-2H3. The van der Waals surface area contributed by atoms with E-state index in [2.05, 4.69) is 26.1 Å². The van der Waals surface area contributed by atoms with Gasteiger partial charge >= 0.3 is 0 Å². The Morgan fingerprint density at radius 3 is 2.88 bits per heavy atom. The molecule has 1 N–H and O–H groups in total. The zero-order valence-electron chi connectivity index (χ0n) is 9.51. The van der Waals surface area contributed by atoms with Gasteiger partial charge in [0.1, 0.15) is 5.75 Å². The molecule has 0 amide bonds. The van der Waals surface area contributed by atoms with E-state index in [1.807, 2.05) is 18.9 Å². The fraction of sp³-hybridized carbons (Fsp3) is 0.273. The van der Waals surface area contributed by atoms with Crippen LogP contribution in [0, 0.1) is 0 Å². The van der Waals surface area contributed by atoms with Crippen LogP contribution in [0.1, 0.15) is 6.92 Å². The van der Waals surface area contributed by atoms with Crippen molar-refractivity contribution in [3.05, 3.63) is 22.7 Å². The number of aromatic hydroxyl groups is 1. The lowest BCUT2D eigenvalue weighted by Crippen LogP contribution is -2.16. The fourth-order valence-corrected chi connectivity index (χ4v) is 1.52. The van der Waals surface area contributed by atoms with Crippen LogP contribution >= 0.6 is 15.9 Å². The van der Waals surface area contributed by atoms with E-state index in [4.69, 9.17) is 4.52 Å². The van der Waals surface area contributed by atoms with E-state index in [0.717, 1.165) is 6.54 Å². The van der Waals surface area contributed by atoms with Crippen LogP contribution in [0.2, 0.25) is 0 Å². The number of phenolic OH excluding ortho intramolecular Hbond substituents is 1. The van der Waals surface area contributed by atoms with Gasteiger partial charge in [-0.15, -0.1) is 0 Å². The first-order valence-corrected chi connectivity index (χ1v) is 5.95. The summed E-state index contributed by atoms with van der Waals surface area (Å²) in [7, 11) is 1.88. The first-order valence-electron chi connectivity index (χ1n) is 5.15. The largest absolute Gasteiger partial charge is 0.507 e. The van der Waals surface area contributed by atoms with Crippen molar-refractivity contribution < 1.29 is 9.63 Å². The molecule has 2 aromatic rings. The van der Waals surface area contributed by atoms with Gasteiger partial charge in [0, 0.05) is 19.2 Å². The molecule has 0 radical (unpaired) electrons. The Labute approximate surface area is 107 Å². The van der Waals surface area contributed by atoms with Gasteiger partial charge < -0.3 is 14.5 Å². The van der Waals surface area contributed by atoms with Gasteiger partial charge in [0.2, 0.25) is 0 Å². The highest BCUT2D eigenvalue weighted by molar-refractivity contribution is 9.10. The number of phenols is 1. The van der Waals surface area contributed by atoms with Crippen LogP contribution in [0.15, 0.2) is 27.2 Å². The second-order valence-electron chi connectivity index (χ2n) is 3.58. The topological polar surface area (TPSA) is 62.4 Å².